The van der Waals surface area contributed by atoms with E-state index < -0.39 is 0 Å². The van der Waals surface area contributed by atoms with Crippen molar-refractivity contribution in [3.63, 3.8) is 0 Å². The molecule has 1 rings (SSSR count). The topological polar surface area (TPSA) is 17.8 Å². The van der Waals surface area contributed by atoms with Crippen molar-refractivity contribution in [2.45, 2.75) is 12.4 Å². The monoisotopic (exact) mass is 190 g/mol. The maximum absolute atomic E-state index is 5.62. The van der Waals surface area contributed by atoms with Crippen molar-refractivity contribution < 1.29 is 0 Å². The Morgan fingerprint density at radius 2 is 2.55 bits per heavy atom. The molecule has 0 aliphatic carbocycles. The SMILES string of the molecule is CSCCn1cc(CCl)cn1. The molecular weight excluding hydrogens is 180 g/mol. The number of aryl methyl sites for hydroxylation is 1. The molecular formula is C7H11ClN2S. The number of nitrogens with zero attached hydrogens (tertiary/aromatic N) is 2. The van der Waals surface area contributed by atoms with Gasteiger partial charge in [-0.3, -0.25) is 4.68 Å². The fourth-order valence-corrected chi connectivity index (χ4v) is 1.29. The zero-order valence-corrected chi connectivity index (χ0v) is 8.03. The summed E-state index contributed by atoms with van der Waals surface area (Å²) in [5.74, 6) is 1.66. The number of halogens is 1. The Morgan fingerprint density at radius 3 is 3.09 bits per heavy atom. The summed E-state index contributed by atoms with van der Waals surface area (Å²) < 4.78 is 1.92. The van der Waals surface area contributed by atoms with Gasteiger partial charge in [0.15, 0.2) is 0 Å². The molecule has 0 saturated carbocycles. The summed E-state index contributed by atoms with van der Waals surface area (Å²) in [5.41, 5.74) is 1.09. The average molecular weight is 191 g/mol. The van der Waals surface area contributed by atoms with E-state index in [9.17, 15) is 0 Å². The Bertz CT molecular complexity index is 212. The molecule has 2 nitrogen and oxygen atoms in total. The fourth-order valence-electron chi connectivity index (χ4n) is 0.783. The summed E-state index contributed by atoms with van der Waals surface area (Å²) >= 11 is 7.44. The van der Waals surface area contributed by atoms with Gasteiger partial charge in [0.25, 0.3) is 0 Å². The lowest BCUT2D eigenvalue weighted by molar-refractivity contribution is 0.666. The minimum absolute atomic E-state index is 0.555. The summed E-state index contributed by atoms with van der Waals surface area (Å²) in [6, 6.07) is 0. The van der Waals surface area contributed by atoms with Crippen molar-refractivity contribution in [2.75, 3.05) is 12.0 Å². The number of rotatable bonds is 4. The summed E-state index contributed by atoms with van der Waals surface area (Å²) in [4.78, 5) is 0. The minimum Gasteiger partial charge on any atom is -0.272 e. The first kappa shape index (κ1) is 8.94. The van der Waals surface area contributed by atoms with E-state index in [1.807, 2.05) is 28.8 Å². The molecule has 0 saturated heterocycles. The van der Waals surface area contributed by atoms with Crippen LogP contribution in [0.1, 0.15) is 5.56 Å². The molecule has 0 N–H and O–H groups in total. The molecule has 0 amide bonds. The largest absolute Gasteiger partial charge is 0.272 e. The van der Waals surface area contributed by atoms with Gasteiger partial charge in [-0.1, -0.05) is 0 Å². The first-order chi connectivity index (χ1) is 5.36. The van der Waals surface area contributed by atoms with E-state index >= 15 is 0 Å². The quantitative estimate of drug-likeness (QED) is 0.676. The van der Waals surface area contributed by atoms with Crippen molar-refractivity contribution in [1.29, 1.82) is 0 Å². The van der Waals surface area contributed by atoms with Crippen molar-refractivity contribution in [1.82, 2.24) is 9.78 Å². The molecule has 0 fully saturated rings. The second kappa shape index (κ2) is 4.67. The van der Waals surface area contributed by atoms with E-state index in [0.717, 1.165) is 17.9 Å². The second-order valence-corrected chi connectivity index (χ2v) is 3.49. The molecule has 0 radical (unpaired) electrons. The van der Waals surface area contributed by atoms with Crippen LogP contribution in [0.15, 0.2) is 12.4 Å². The van der Waals surface area contributed by atoms with Crippen LogP contribution in [0.4, 0.5) is 0 Å². The Morgan fingerprint density at radius 1 is 1.73 bits per heavy atom. The van der Waals surface area contributed by atoms with E-state index in [1.165, 1.54) is 0 Å². The van der Waals surface area contributed by atoms with Crippen LogP contribution in [0.3, 0.4) is 0 Å². The van der Waals surface area contributed by atoms with Crippen molar-refractivity contribution in [3.05, 3.63) is 18.0 Å². The molecule has 0 bridgehead atoms. The van der Waals surface area contributed by atoms with E-state index in [1.54, 1.807) is 0 Å². The molecule has 0 spiro atoms. The summed E-state index contributed by atoms with van der Waals surface area (Å²) in [7, 11) is 0. The third-order valence-electron chi connectivity index (χ3n) is 1.37. The predicted octanol–water partition coefficient (Wildman–Crippen LogP) is 1.98. The maximum atomic E-state index is 5.62. The van der Waals surface area contributed by atoms with Gasteiger partial charge in [-0.2, -0.15) is 16.9 Å². The fraction of sp³-hybridized carbons (Fsp3) is 0.571. The molecule has 0 aliphatic rings. The highest BCUT2D eigenvalue weighted by Gasteiger charge is 1.94. The normalized spacial score (nSPS) is 10.4. The average Bonchev–Trinajstić information content (AvgIpc) is 2.48. The molecule has 1 heterocycles. The molecule has 4 heteroatoms. The molecule has 1 aromatic rings. The van der Waals surface area contributed by atoms with Gasteiger partial charge in [0.2, 0.25) is 0 Å². The number of hydrogen-bond acceptors (Lipinski definition) is 2. The highest BCUT2D eigenvalue weighted by atomic mass is 35.5. The van der Waals surface area contributed by atoms with Gasteiger partial charge in [-0.05, 0) is 6.26 Å². The van der Waals surface area contributed by atoms with Crippen LogP contribution in [-0.4, -0.2) is 21.8 Å². The van der Waals surface area contributed by atoms with Crippen LogP contribution in [0.25, 0.3) is 0 Å². The van der Waals surface area contributed by atoms with Gasteiger partial charge in [-0.15, -0.1) is 11.6 Å². The zero-order chi connectivity index (χ0) is 8.10. The second-order valence-electron chi connectivity index (χ2n) is 2.24. The van der Waals surface area contributed by atoms with Crippen LogP contribution < -0.4 is 0 Å². The van der Waals surface area contributed by atoms with E-state index in [-0.39, 0.29) is 0 Å². The van der Waals surface area contributed by atoms with E-state index in [2.05, 4.69) is 11.4 Å². The smallest absolute Gasteiger partial charge is 0.0533 e. The Hall–Kier alpha value is -0.150. The Labute approximate surface area is 75.9 Å². The Balaban J connectivity index is 2.44. The van der Waals surface area contributed by atoms with Crippen LogP contribution in [0.2, 0.25) is 0 Å². The third-order valence-corrected chi connectivity index (χ3v) is 2.26. The summed E-state index contributed by atoms with van der Waals surface area (Å²) in [5, 5.41) is 4.14. The highest BCUT2D eigenvalue weighted by Crippen LogP contribution is 2.02. The number of alkyl halides is 1. The van der Waals surface area contributed by atoms with Gasteiger partial charge in [0.1, 0.15) is 0 Å². The van der Waals surface area contributed by atoms with E-state index in [4.69, 9.17) is 11.6 Å². The first-order valence-electron chi connectivity index (χ1n) is 3.43. The molecule has 1 aromatic heterocycles. The number of aromatic nitrogens is 2. The maximum Gasteiger partial charge on any atom is 0.0533 e. The van der Waals surface area contributed by atoms with Gasteiger partial charge in [-0.25, -0.2) is 0 Å². The standard InChI is InChI=1S/C7H11ClN2S/c1-11-3-2-10-6-7(4-8)5-9-10/h5-6H,2-4H2,1H3. The van der Waals surface area contributed by atoms with Crippen molar-refractivity contribution in [2.24, 2.45) is 0 Å². The van der Waals surface area contributed by atoms with Gasteiger partial charge in [0.05, 0.1) is 12.1 Å². The van der Waals surface area contributed by atoms with Crippen LogP contribution in [0.5, 0.6) is 0 Å². The summed E-state index contributed by atoms with van der Waals surface area (Å²) in [6.45, 7) is 0.970. The lowest BCUT2D eigenvalue weighted by atomic mass is 10.4. The van der Waals surface area contributed by atoms with Crippen molar-refractivity contribution in [3.8, 4) is 0 Å². The lowest BCUT2D eigenvalue weighted by Gasteiger charge is -1.96. The molecule has 62 valence electrons. The lowest BCUT2D eigenvalue weighted by Crippen LogP contribution is -1.99. The third kappa shape index (κ3) is 2.75. The van der Waals surface area contributed by atoms with Crippen LogP contribution in [-0.2, 0) is 12.4 Å². The number of thioether (sulfide) groups is 1. The molecule has 0 aromatic carbocycles. The first-order valence-corrected chi connectivity index (χ1v) is 5.36. The number of hydrogen-bond donors (Lipinski definition) is 0. The van der Waals surface area contributed by atoms with Crippen LogP contribution in [0, 0.1) is 0 Å². The van der Waals surface area contributed by atoms with Crippen molar-refractivity contribution >= 4 is 23.4 Å². The molecule has 0 unspecified atom stereocenters. The zero-order valence-electron chi connectivity index (χ0n) is 6.46. The van der Waals surface area contributed by atoms with Gasteiger partial charge < -0.3 is 0 Å². The minimum atomic E-state index is 0.555. The molecule has 0 atom stereocenters. The van der Waals surface area contributed by atoms with E-state index in [0.29, 0.717) is 5.88 Å². The van der Waals surface area contributed by atoms with Crippen LogP contribution >= 0.6 is 23.4 Å². The summed E-state index contributed by atoms with van der Waals surface area (Å²) in [6.07, 6.45) is 5.89. The Kier molecular flexibility index (Phi) is 3.80. The molecule has 0 aliphatic heterocycles. The van der Waals surface area contributed by atoms with Gasteiger partial charge >= 0.3 is 0 Å². The highest BCUT2D eigenvalue weighted by molar-refractivity contribution is 7.98. The van der Waals surface area contributed by atoms with Gasteiger partial charge in [0, 0.05) is 24.1 Å². The predicted molar refractivity (Wildman–Crippen MR) is 50.2 cm³/mol. The molecule has 11 heavy (non-hydrogen) atoms.